The predicted molar refractivity (Wildman–Crippen MR) is 46.3 cm³/mol. The summed E-state index contributed by atoms with van der Waals surface area (Å²) in [5, 5.41) is 5.71. The fourth-order valence-corrected chi connectivity index (χ4v) is 0.725. The first kappa shape index (κ1) is 10.2. The summed E-state index contributed by atoms with van der Waals surface area (Å²) in [5.74, 6) is 0.0201. The number of hydrogen-bond acceptors (Lipinski definition) is 2. The smallest absolute Gasteiger partial charge is 0.237 e. The van der Waals surface area contributed by atoms with E-state index < -0.39 is 0 Å². The molecule has 0 aliphatic rings. The van der Waals surface area contributed by atoms with Crippen LogP contribution in [0.2, 0.25) is 0 Å². The summed E-state index contributed by atoms with van der Waals surface area (Å²) in [4.78, 5) is 11.1. The average molecular weight is 156 g/mol. The number of carbonyl (C=O) groups is 1. The molecular weight excluding hydrogens is 140 g/mol. The van der Waals surface area contributed by atoms with E-state index in [1.54, 1.807) is 6.08 Å². The van der Waals surface area contributed by atoms with Crippen LogP contribution in [-0.4, -0.2) is 25.0 Å². The Kier molecular flexibility index (Phi) is 5.47. The zero-order valence-corrected chi connectivity index (χ0v) is 7.18. The molecule has 0 heterocycles. The Morgan fingerprint density at radius 3 is 2.82 bits per heavy atom. The Hall–Kier alpha value is -0.830. The van der Waals surface area contributed by atoms with Gasteiger partial charge in [-0.1, -0.05) is 13.0 Å². The van der Waals surface area contributed by atoms with Crippen LogP contribution in [0, 0.1) is 0 Å². The van der Waals surface area contributed by atoms with Gasteiger partial charge >= 0.3 is 0 Å². The molecule has 11 heavy (non-hydrogen) atoms. The zero-order valence-electron chi connectivity index (χ0n) is 7.18. The summed E-state index contributed by atoms with van der Waals surface area (Å²) in [6.45, 7) is 8.65. The van der Waals surface area contributed by atoms with Crippen molar-refractivity contribution in [3.05, 3.63) is 12.7 Å². The third-order valence-electron chi connectivity index (χ3n) is 1.32. The highest BCUT2D eigenvalue weighted by molar-refractivity contribution is 5.81. The number of carbonyl (C=O) groups excluding carboxylic acids is 1. The first-order valence-corrected chi connectivity index (χ1v) is 3.84. The van der Waals surface area contributed by atoms with Gasteiger partial charge in [-0.25, -0.2) is 0 Å². The zero-order chi connectivity index (χ0) is 8.69. The van der Waals surface area contributed by atoms with E-state index in [9.17, 15) is 4.79 Å². The quantitative estimate of drug-likeness (QED) is 0.562. The molecule has 1 atom stereocenters. The molecule has 0 bridgehead atoms. The fraction of sp³-hybridized carbons (Fsp3) is 0.625. The normalized spacial score (nSPS) is 12.2. The van der Waals surface area contributed by atoms with Gasteiger partial charge in [0.05, 0.1) is 6.04 Å². The highest BCUT2D eigenvalue weighted by Crippen LogP contribution is 1.79. The van der Waals surface area contributed by atoms with Gasteiger partial charge in [-0.05, 0) is 13.5 Å². The van der Waals surface area contributed by atoms with Crippen LogP contribution < -0.4 is 10.6 Å². The van der Waals surface area contributed by atoms with Gasteiger partial charge in [0.15, 0.2) is 0 Å². The van der Waals surface area contributed by atoms with Crippen LogP contribution in [0.5, 0.6) is 0 Å². The van der Waals surface area contributed by atoms with Crippen molar-refractivity contribution in [1.29, 1.82) is 0 Å². The van der Waals surface area contributed by atoms with Gasteiger partial charge in [0.1, 0.15) is 0 Å². The van der Waals surface area contributed by atoms with Crippen LogP contribution in [0.25, 0.3) is 0 Å². The lowest BCUT2D eigenvalue weighted by molar-refractivity contribution is -0.122. The molecule has 0 rings (SSSR count). The number of hydrogen-bond donors (Lipinski definition) is 2. The standard InChI is InChI=1S/C8H16N2O/c1-4-6-10-8(11)7(3)9-5-2/h4,7,9H,1,5-6H2,2-3H3,(H,10,11). The summed E-state index contributed by atoms with van der Waals surface area (Å²) >= 11 is 0. The van der Waals surface area contributed by atoms with E-state index in [4.69, 9.17) is 0 Å². The minimum atomic E-state index is -0.111. The monoisotopic (exact) mass is 156 g/mol. The summed E-state index contributed by atoms with van der Waals surface area (Å²) < 4.78 is 0. The van der Waals surface area contributed by atoms with Gasteiger partial charge in [0.25, 0.3) is 0 Å². The largest absolute Gasteiger partial charge is 0.351 e. The third-order valence-corrected chi connectivity index (χ3v) is 1.32. The Labute approximate surface area is 67.9 Å². The Bertz CT molecular complexity index is 134. The second kappa shape index (κ2) is 5.92. The highest BCUT2D eigenvalue weighted by Gasteiger charge is 2.08. The van der Waals surface area contributed by atoms with E-state index in [0.717, 1.165) is 6.54 Å². The van der Waals surface area contributed by atoms with Crippen molar-refractivity contribution < 1.29 is 4.79 Å². The summed E-state index contributed by atoms with van der Waals surface area (Å²) in [6, 6.07) is -0.111. The van der Waals surface area contributed by atoms with E-state index in [0.29, 0.717) is 6.54 Å². The molecule has 0 fully saturated rings. The molecule has 0 spiro atoms. The molecule has 64 valence electrons. The molecule has 0 saturated heterocycles. The molecule has 1 unspecified atom stereocenters. The summed E-state index contributed by atoms with van der Waals surface area (Å²) in [5.41, 5.74) is 0. The van der Waals surface area contributed by atoms with E-state index in [2.05, 4.69) is 17.2 Å². The van der Waals surface area contributed by atoms with E-state index in [1.807, 2.05) is 13.8 Å². The maximum absolute atomic E-state index is 11.1. The van der Waals surface area contributed by atoms with Gasteiger partial charge < -0.3 is 10.6 Å². The molecule has 3 nitrogen and oxygen atoms in total. The van der Waals surface area contributed by atoms with Gasteiger partial charge in [-0.3, -0.25) is 4.79 Å². The third kappa shape index (κ3) is 4.56. The lowest BCUT2D eigenvalue weighted by atomic mass is 10.3. The summed E-state index contributed by atoms with van der Waals surface area (Å²) in [7, 11) is 0. The maximum Gasteiger partial charge on any atom is 0.237 e. The van der Waals surface area contributed by atoms with Gasteiger partial charge in [0.2, 0.25) is 5.91 Å². The fourth-order valence-electron chi connectivity index (χ4n) is 0.725. The van der Waals surface area contributed by atoms with Crippen molar-refractivity contribution in [2.24, 2.45) is 0 Å². The van der Waals surface area contributed by atoms with Crippen LogP contribution in [0.4, 0.5) is 0 Å². The maximum atomic E-state index is 11.1. The van der Waals surface area contributed by atoms with Crippen molar-refractivity contribution in [2.45, 2.75) is 19.9 Å². The lowest BCUT2D eigenvalue weighted by Crippen LogP contribution is -2.41. The Morgan fingerprint density at radius 1 is 1.73 bits per heavy atom. The minimum absolute atomic E-state index is 0.0201. The molecular formula is C8H16N2O. The highest BCUT2D eigenvalue weighted by atomic mass is 16.2. The average Bonchev–Trinajstić information content (AvgIpc) is 2.00. The first-order chi connectivity index (χ1) is 5.22. The summed E-state index contributed by atoms with van der Waals surface area (Å²) in [6.07, 6.45) is 1.66. The van der Waals surface area contributed by atoms with Crippen molar-refractivity contribution in [3.63, 3.8) is 0 Å². The molecule has 0 aromatic heterocycles. The molecule has 0 aliphatic carbocycles. The van der Waals surface area contributed by atoms with Crippen molar-refractivity contribution >= 4 is 5.91 Å². The molecule has 0 aromatic carbocycles. The molecule has 0 radical (unpaired) electrons. The SMILES string of the molecule is C=CCNC(=O)C(C)NCC. The first-order valence-electron chi connectivity index (χ1n) is 3.84. The minimum Gasteiger partial charge on any atom is -0.351 e. The van der Waals surface area contributed by atoms with Gasteiger partial charge in [0, 0.05) is 6.54 Å². The number of rotatable bonds is 5. The second-order valence-corrected chi connectivity index (χ2v) is 2.31. The lowest BCUT2D eigenvalue weighted by Gasteiger charge is -2.10. The van der Waals surface area contributed by atoms with E-state index in [1.165, 1.54) is 0 Å². The molecule has 0 saturated carbocycles. The molecule has 2 N–H and O–H groups in total. The van der Waals surface area contributed by atoms with Crippen LogP contribution in [0.1, 0.15) is 13.8 Å². The molecule has 0 aromatic rings. The van der Waals surface area contributed by atoms with Crippen LogP contribution in [0.15, 0.2) is 12.7 Å². The van der Waals surface area contributed by atoms with Crippen molar-refractivity contribution in [3.8, 4) is 0 Å². The molecule has 3 heteroatoms. The predicted octanol–water partition coefficient (Wildman–Crippen LogP) is 0.287. The van der Waals surface area contributed by atoms with Crippen LogP contribution >= 0.6 is 0 Å². The van der Waals surface area contributed by atoms with Gasteiger partial charge in [-0.15, -0.1) is 6.58 Å². The number of likely N-dealkylation sites (N-methyl/N-ethyl adjacent to an activating group) is 1. The second-order valence-electron chi connectivity index (χ2n) is 2.31. The number of nitrogens with one attached hydrogen (secondary N) is 2. The van der Waals surface area contributed by atoms with E-state index >= 15 is 0 Å². The van der Waals surface area contributed by atoms with Crippen LogP contribution in [-0.2, 0) is 4.79 Å². The number of amides is 1. The Balaban J connectivity index is 3.54. The van der Waals surface area contributed by atoms with Gasteiger partial charge in [-0.2, -0.15) is 0 Å². The Morgan fingerprint density at radius 2 is 2.36 bits per heavy atom. The van der Waals surface area contributed by atoms with Crippen molar-refractivity contribution in [1.82, 2.24) is 10.6 Å². The molecule has 0 aliphatic heterocycles. The van der Waals surface area contributed by atoms with E-state index in [-0.39, 0.29) is 11.9 Å². The van der Waals surface area contributed by atoms with Crippen molar-refractivity contribution in [2.75, 3.05) is 13.1 Å². The van der Waals surface area contributed by atoms with Crippen LogP contribution in [0.3, 0.4) is 0 Å². The topological polar surface area (TPSA) is 41.1 Å². The molecule has 1 amide bonds.